The molecule has 20 heavy (non-hydrogen) atoms. The van der Waals surface area contributed by atoms with Gasteiger partial charge in [0, 0.05) is 6.42 Å². The van der Waals surface area contributed by atoms with Crippen molar-refractivity contribution in [1.29, 1.82) is 0 Å². The van der Waals surface area contributed by atoms with E-state index >= 15 is 0 Å². The number of fused-ring (bicyclic) bond motifs is 1. The summed E-state index contributed by atoms with van der Waals surface area (Å²) in [6.45, 7) is 4.30. The van der Waals surface area contributed by atoms with Crippen molar-refractivity contribution < 1.29 is 9.63 Å². The summed E-state index contributed by atoms with van der Waals surface area (Å²) in [5.74, 6) is -0.155. The zero-order chi connectivity index (χ0) is 14.1. The molecule has 3 rings (SSSR count). The lowest BCUT2D eigenvalue weighted by atomic mass is 10.1. The van der Waals surface area contributed by atoms with Crippen LogP contribution in [0.5, 0.6) is 0 Å². The summed E-state index contributed by atoms with van der Waals surface area (Å²) in [6.07, 6.45) is 2.70. The fourth-order valence-corrected chi connectivity index (χ4v) is 2.74. The highest BCUT2D eigenvalue weighted by molar-refractivity contribution is 7.16. The van der Waals surface area contributed by atoms with E-state index in [1.54, 1.807) is 4.52 Å². The molecule has 1 aliphatic rings. The monoisotopic (exact) mass is 293 g/mol. The number of hydrogen-bond acceptors (Lipinski definition) is 6. The average molecular weight is 293 g/mol. The van der Waals surface area contributed by atoms with Gasteiger partial charge >= 0.3 is 0 Å². The molecular formula is C12H15N5O2S. The third kappa shape index (κ3) is 2.51. The Hall–Kier alpha value is -1.96. The summed E-state index contributed by atoms with van der Waals surface area (Å²) in [5.41, 5.74) is 1.71. The minimum atomic E-state index is -0.506. The SMILES string of the molecule is CCC1=NO[C@@H](C(=O)NCc2cn3nc(C)sc3n2)C1. The highest BCUT2D eigenvalue weighted by atomic mass is 32.1. The lowest BCUT2D eigenvalue weighted by molar-refractivity contribution is -0.131. The first-order valence-corrected chi connectivity index (χ1v) is 7.28. The summed E-state index contributed by atoms with van der Waals surface area (Å²) in [5, 5.41) is 11.9. The van der Waals surface area contributed by atoms with Crippen LogP contribution in [0.4, 0.5) is 0 Å². The molecule has 0 saturated carbocycles. The average Bonchev–Trinajstić information content (AvgIpc) is 3.09. The van der Waals surface area contributed by atoms with Crippen molar-refractivity contribution in [3.05, 3.63) is 16.9 Å². The number of nitrogens with zero attached hydrogens (tertiary/aromatic N) is 4. The second-order valence-corrected chi connectivity index (χ2v) is 5.77. The number of hydrogen-bond donors (Lipinski definition) is 1. The van der Waals surface area contributed by atoms with E-state index in [9.17, 15) is 4.79 Å². The third-order valence-corrected chi connectivity index (χ3v) is 3.91. The van der Waals surface area contributed by atoms with Crippen molar-refractivity contribution in [2.75, 3.05) is 0 Å². The normalized spacial score (nSPS) is 18.1. The molecule has 106 valence electrons. The molecule has 0 fully saturated rings. The van der Waals surface area contributed by atoms with E-state index in [0.29, 0.717) is 13.0 Å². The molecule has 0 bridgehead atoms. The van der Waals surface area contributed by atoms with Crippen molar-refractivity contribution in [2.24, 2.45) is 5.16 Å². The molecule has 2 aromatic heterocycles. The van der Waals surface area contributed by atoms with Crippen molar-refractivity contribution >= 4 is 27.9 Å². The van der Waals surface area contributed by atoms with Crippen LogP contribution in [0.2, 0.25) is 0 Å². The first kappa shape index (κ1) is 13.0. The van der Waals surface area contributed by atoms with Crippen molar-refractivity contribution in [2.45, 2.75) is 39.3 Å². The zero-order valence-electron chi connectivity index (χ0n) is 11.3. The standard InChI is InChI=1S/C12H15N5O2S/c1-3-8-4-10(19-16-8)11(18)13-5-9-6-17-12(14-9)20-7(2)15-17/h6,10H,3-5H2,1-2H3,(H,13,18)/t10-/m1/s1. The van der Waals surface area contributed by atoms with Crippen LogP contribution in [0.1, 0.15) is 30.5 Å². The smallest absolute Gasteiger partial charge is 0.264 e. The number of carbonyl (C=O) groups excluding carboxylic acids is 1. The molecule has 1 atom stereocenters. The van der Waals surface area contributed by atoms with Crippen molar-refractivity contribution in [1.82, 2.24) is 19.9 Å². The van der Waals surface area contributed by atoms with Gasteiger partial charge in [0.25, 0.3) is 5.91 Å². The Bertz CT molecular complexity index is 643. The lowest BCUT2D eigenvalue weighted by Crippen LogP contribution is -2.34. The highest BCUT2D eigenvalue weighted by Gasteiger charge is 2.27. The molecule has 7 nitrogen and oxygen atoms in total. The summed E-state index contributed by atoms with van der Waals surface area (Å²) in [7, 11) is 0. The number of aryl methyl sites for hydroxylation is 1. The number of amides is 1. The summed E-state index contributed by atoms with van der Waals surface area (Å²) in [4.78, 5) is 22.3. The van der Waals surface area contributed by atoms with Crippen LogP contribution in [0.15, 0.2) is 11.4 Å². The fourth-order valence-electron chi connectivity index (χ4n) is 2.00. The van der Waals surface area contributed by atoms with Gasteiger partial charge in [-0.05, 0) is 13.3 Å². The van der Waals surface area contributed by atoms with Crippen LogP contribution in [0, 0.1) is 6.92 Å². The molecule has 0 aliphatic carbocycles. The first-order chi connectivity index (χ1) is 9.65. The second-order valence-electron chi connectivity index (χ2n) is 4.61. The highest BCUT2D eigenvalue weighted by Crippen LogP contribution is 2.14. The Labute approximate surface area is 119 Å². The Kier molecular flexibility index (Phi) is 3.39. The largest absolute Gasteiger partial charge is 0.382 e. The number of imidazole rings is 1. The molecule has 0 aromatic carbocycles. The third-order valence-electron chi connectivity index (χ3n) is 3.07. The molecule has 1 amide bonds. The van der Waals surface area contributed by atoms with Crippen LogP contribution in [-0.2, 0) is 16.2 Å². The van der Waals surface area contributed by atoms with Gasteiger partial charge in [-0.3, -0.25) is 4.79 Å². The first-order valence-electron chi connectivity index (χ1n) is 6.46. The number of rotatable bonds is 4. The van der Waals surface area contributed by atoms with Gasteiger partial charge in [0.05, 0.1) is 24.1 Å². The van der Waals surface area contributed by atoms with E-state index < -0.39 is 6.10 Å². The number of nitrogens with one attached hydrogen (secondary N) is 1. The molecule has 0 radical (unpaired) electrons. The predicted molar refractivity (Wildman–Crippen MR) is 74.7 cm³/mol. The summed E-state index contributed by atoms with van der Waals surface area (Å²) < 4.78 is 1.73. The fraction of sp³-hybridized carbons (Fsp3) is 0.500. The van der Waals surface area contributed by atoms with Crippen molar-refractivity contribution in [3.63, 3.8) is 0 Å². The van der Waals surface area contributed by atoms with Gasteiger partial charge in [-0.1, -0.05) is 23.4 Å². The minimum absolute atomic E-state index is 0.155. The Morgan fingerprint density at radius 1 is 1.65 bits per heavy atom. The summed E-state index contributed by atoms with van der Waals surface area (Å²) in [6, 6.07) is 0. The number of aromatic nitrogens is 3. The molecule has 0 spiro atoms. The van der Waals surface area contributed by atoms with Crippen LogP contribution in [0.3, 0.4) is 0 Å². The molecule has 1 N–H and O–H groups in total. The van der Waals surface area contributed by atoms with Gasteiger partial charge in [-0.2, -0.15) is 5.10 Å². The minimum Gasteiger partial charge on any atom is -0.382 e. The number of oxime groups is 1. The molecule has 0 unspecified atom stereocenters. The lowest BCUT2D eigenvalue weighted by Gasteiger charge is -2.07. The van der Waals surface area contributed by atoms with E-state index in [4.69, 9.17) is 4.84 Å². The van der Waals surface area contributed by atoms with Crippen molar-refractivity contribution in [3.8, 4) is 0 Å². The van der Waals surface area contributed by atoms with Crippen LogP contribution < -0.4 is 5.32 Å². The van der Waals surface area contributed by atoms with E-state index in [2.05, 4.69) is 20.6 Å². The number of carbonyl (C=O) groups is 1. The van der Waals surface area contributed by atoms with E-state index in [-0.39, 0.29) is 5.91 Å². The second kappa shape index (κ2) is 5.20. The van der Waals surface area contributed by atoms with Gasteiger partial charge in [-0.15, -0.1) is 0 Å². The topological polar surface area (TPSA) is 80.9 Å². The van der Waals surface area contributed by atoms with Gasteiger partial charge < -0.3 is 10.2 Å². The Balaban J connectivity index is 1.56. The van der Waals surface area contributed by atoms with E-state index in [1.165, 1.54) is 11.3 Å². The Morgan fingerprint density at radius 2 is 2.50 bits per heavy atom. The zero-order valence-corrected chi connectivity index (χ0v) is 12.1. The maximum atomic E-state index is 11.9. The van der Waals surface area contributed by atoms with Gasteiger partial charge in [0.1, 0.15) is 5.01 Å². The maximum Gasteiger partial charge on any atom is 0.264 e. The molecule has 3 heterocycles. The van der Waals surface area contributed by atoms with Crippen LogP contribution in [-0.4, -0.2) is 32.3 Å². The van der Waals surface area contributed by atoms with E-state index in [1.807, 2.05) is 20.0 Å². The predicted octanol–water partition coefficient (Wildman–Crippen LogP) is 1.27. The Morgan fingerprint density at radius 3 is 3.20 bits per heavy atom. The molecule has 8 heteroatoms. The molecule has 0 saturated heterocycles. The van der Waals surface area contributed by atoms with Crippen LogP contribution >= 0.6 is 11.3 Å². The van der Waals surface area contributed by atoms with Gasteiger partial charge in [0.2, 0.25) is 11.1 Å². The quantitative estimate of drug-likeness (QED) is 0.920. The molecular weight excluding hydrogens is 278 g/mol. The maximum absolute atomic E-state index is 11.9. The van der Waals surface area contributed by atoms with Gasteiger partial charge in [-0.25, -0.2) is 9.50 Å². The van der Waals surface area contributed by atoms with Gasteiger partial charge in [0.15, 0.2) is 0 Å². The summed E-state index contributed by atoms with van der Waals surface area (Å²) >= 11 is 1.52. The molecule has 1 aliphatic heterocycles. The van der Waals surface area contributed by atoms with E-state index in [0.717, 1.165) is 27.8 Å². The molecule has 2 aromatic rings. The van der Waals surface area contributed by atoms with Crippen LogP contribution in [0.25, 0.3) is 4.96 Å².